The molecule has 0 aliphatic rings. The molecular weight excluding hydrogens is 359 g/mol. The van der Waals surface area contributed by atoms with E-state index in [9.17, 15) is 12.8 Å². The predicted molar refractivity (Wildman–Crippen MR) is 96.5 cm³/mol. The van der Waals surface area contributed by atoms with Crippen LogP contribution in [-0.4, -0.2) is 18.0 Å². The highest BCUT2D eigenvalue weighted by atomic mass is 32.2. The average Bonchev–Trinajstić information content (AvgIpc) is 2.95. The van der Waals surface area contributed by atoms with Crippen LogP contribution in [0.25, 0.3) is 0 Å². The fourth-order valence-corrected chi connectivity index (χ4v) is 4.65. The summed E-state index contributed by atoms with van der Waals surface area (Å²) in [6.07, 6.45) is 1.59. The topological polar surface area (TPSA) is 52.0 Å². The molecule has 2 aromatic carbocycles. The third-order valence-corrected chi connectivity index (χ3v) is 6.54. The molecule has 0 atom stereocenters. The van der Waals surface area contributed by atoms with Crippen LogP contribution < -0.4 is 0 Å². The Morgan fingerprint density at radius 2 is 1.76 bits per heavy atom. The van der Waals surface area contributed by atoms with Crippen molar-refractivity contribution in [3.05, 3.63) is 77.9 Å². The minimum absolute atomic E-state index is 0.0996. The number of hydrogen-bond acceptors (Lipinski definition) is 4. The molecule has 0 unspecified atom stereocenters. The largest absolute Gasteiger partial charge is 0.325 e. The lowest BCUT2D eigenvalue weighted by molar-refractivity contribution is 0.592. The Morgan fingerprint density at radius 1 is 1.08 bits per heavy atom. The SMILES string of the molecule is Cn1c(CS(=O)(=O)c2ccccc2)cnc1SCc1ccc(F)cc1. The van der Waals surface area contributed by atoms with Gasteiger partial charge in [0.05, 0.1) is 22.5 Å². The molecule has 0 saturated heterocycles. The minimum atomic E-state index is -3.41. The molecule has 0 spiro atoms. The van der Waals surface area contributed by atoms with Gasteiger partial charge in [-0.3, -0.25) is 0 Å². The molecule has 0 amide bonds. The van der Waals surface area contributed by atoms with Crippen LogP contribution in [0.1, 0.15) is 11.3 Å². The van der Waals surface area contributed by atoms with E-state index >= 15 is 0 Å². The monoisotopic (exact) mass is 376 g/mol. The van der Waals surface area contributed by atoms with Crippen molar-refractivity contribution in [3.63, 3.8) is 0 Å². The summed E-state index contributed by atoms with van der Waals surface area (Å²) in [5.41, 5.74) is 1.61. The summed E-state index contributed by atoms with van der Waals surface area (Å²) < 4.78 is 39.7. The number of imidazole rings is 1. The summed E-state index contributed by atoms with van der Waals surface area (Å²) in [4.78, 5) is 4.62. The highest BCUT2D eigenvalue weighted by Crippen LogP contribution is 2.24. The maximum atomic E-state index is 12.9. The van der Waals surface area contributed by atoms with Crippen molar-refractivity contribution in [2.24, 2.45) is 7.05 Å². The van der Waals surface area contributed by atoms with Crippen LogP contribution >= 0.6 is 11.8 Å². The molecule has 1 aromatic heterocycles. The van der Waals surface area contributed by atoms with E-state index in [1.54, 1.807) is 60.3 Å². The zero-order chi connectivity index (χ0) is 17.9. The molecule has 4 nitrogen and oxygen atoms in total. The predicted octanol–water partition coefficient (Wildman–Crippen LogP) is 3.83. The lowest BCUT2D eigenvalue weighted by Crippen LogP contribution is -2.08. The van der Waals surface area contributed by atoms with Crippen LogP contribution in [0.4, 0.5) is 4.39 Å². The molecule has 1 heterocycles. The molecule has 25 heavy (non-hydrogen) atoms. The zero-order valence-corrected chi connectivity index (χ0v) is 15.2. The number of nitrogens with zero attached hydrogens (tertiary/aromatic N) is 2. The first-order valence-corrected chi connectivity index (χ1v) is 10.2. The van der Waals surface area contributed by atoms with Gasteiger partial charge in [-0.05, 0) is 29.8 Å². The molecule has 0 radical (unpaired) electrons. The smallest absolute Gasteiger partial charge is 0.184 e. The lowest BCUT2D eigenvalue weighted by atomic mass is 10.2. The molecular formula is C18H17FN2O2S2. The van der Waals surface area contributed by atoms with Gasteiger partial charge in [-0.1, -0.05) is 42.1 Å². The zero-order valence-electron chi connectivity index (χ0n) is 13.6. The fourth-order valence-electron chi connectivity index (χ4n) is 2.33. The summed E-state index contributed by atoms with van der Waals surface area (Å²) >= 11 is 1.48. The van der Waals surface area contributed by atoms with E-state index in [4.69, 9.17) is 0 Å². The Labute approximate surface area is 150 Å². The van der Waals surface area contributed by atoms with Crippen LogP contribution in [0.5, 0.6) is 0 Å². The van der Waals surface area contributed by atoms with Gasteiger partial charge in [0, 0.05) is 12.8 Å². The molecule has 7 heteroatoms. The molecule has 3 aromatic rings. The van der Waals surface area contributed by atoms with Crippen molar-refractivity contribution in [3.8, 4) is 0 Å². The second kappa shape index (κ2) is 7.41. The van der Waals surface area contributed by atoms with Crippen LogP contribution in [0.2, 0.25) is 0 Å². The molecule has 0 N–H and O–H groups in total. The molecule has 3 rings (SSSR count). The maximum Gasteiger partial charge on any atom is 0.184 e. The molecule has 0 bridgehead atoms. The van der Waals surface area contributed by atoms with Crippen molar-refractivity contribution in [1.29, 1.82) is 0 Å². The first-order chi connectivity index (χ1) is 12.0. The van der Waals surface area contributed by atoms with Gasteiger partial charge in [-0.25, -0.2) is 17.8 Å². The normalized spacial score (nSPS) is 11.6. The molecule has 0 aliphatic carbocycles. The van der Waals surface area contributed by atoms with Gasteiger partial charge in [-0.15, -0.1) is 0 Å². The van der Waals surface area contributed by atoms with E-state index in [2.05, 4.69) is 4.98 Å². The summed E-state index contributed by atoms with van der Waals surface area (Å²) in [5.74, 6) is 0.271. The first-order valence-electron chi connectivity index (χ1n) is 7.61. The average molecular weight is 376 g/mol. The van der Waals surface area contributed by atoms with Crippen LogP contribution in [0.3, 0.4) is 0 Å². The maximum absolute atomic E-state index is 12.9. The van der Waals surface area contributed by atoms with E-state index in [0.29, 0.717) is 16.3 Å². The standard InChI is InChI=1S/C18H17FN2O2S2/c1-21-16(13-25(22,23)17-5-3-2-4-6-17)11-20-18(21)24-12-14-7-9-15(19)10-8-14/h2-11H,12-13H2,1H3. The van der Waals surface area contributed by atoms with Gasteiger partial charge < -0.3 is 4.57 Å². The van der Waals surface area contributed by atoms with Crippen LogP contribution in [-0.2, 0) is 28.4 Å². The quantitative estimate of drug-likeness (QED) is 0.614. The molecule has 0 saturated carbocycles. The fraction of sp³-hybridized carbons (Fsp3) is 0.167. The Balaban J connectivity index is 1.72. The Kier molecular flexibility index (Phi) is 5.24. The number of sulfone groups is 1. The van der Waals surface area contributed by atoms with Crippen molar-refractivity contribution in [2.45, 2.75) is 21.6 Å². The van der Waals surface area contributed by atoms with Crippen LogP contribution in [0.15, 0.2) is 70.8 Å². The van der Waals surface area contributed by atoms with Crippen molar-refractivity contribution in [1.82, 2.24) is 9.55 Å². The molecule has 0 fully saturated rings. The Bertz CT molecular complexity index is 953. The molecule has 130 valence electrons. The van der Waals surface area contributed by atoms with Gasteiger partial charge in [0.2, 0.25) is 0 Å². The van der Waals surface area contributed by atoms with Gasteiger partial charge in [0.25, 0.3) is 0 Å². The number of benzene rings is 2. The lowest BCUT2D eigenvalue weighted by Gasteiger charge is -2.07. The molecule has 0 aliphatic heterocycles. The number of halogens is 1. The Morgan fingerprint density at radius 3 is 2.44 bits per heavy atom. The van der Waals surface area contributed by atoms with E-state index in [1.165, 1.54) is 23.9 Å². The Hall–Kier alpha value is -2.12. The summed E-state index contributed by atoms with van der Waals surface area (Å²) in [6, 6.07) is 14.7. The van der Waals surface area contributed by atoms with E-state index < -0.39 is 9.84 Å². The van der Waals surface area contributed by atoms with E-state index in [0.717, 1.165) is 10.7 Å². The van der Waals surface area contributed by atoms with Crippen molar-refractivity contribution >= 4 is 21.6 Å². The van der Waals surface area contributed by atoms with Crippen molar-refractivity contribution < 1.29 is 12.8 Å². The minimum Gasteiger partial charge on any atom is -0.325 e. The third kappa shape index (κ3) is 4.29. The summed E-state index contributed by atoms with van der Waals surface area (Å²) in [6.45, 7) is 0. The van der Waals surface area contributed by atoms with Gasteiger partial charge in [0.15, 0.2) is 15.0 Å². The summed E-state index contributed by atoms with van der Waals surface area (Å²) in [5, 5.41) is 0.725. The van der Waals surface area contributed by atoms with Gasteiger partial charge in [-0.2, -0.15) is 0 Å². The number of aromatic nitrogens is 2. The van der Waals surface area contributed by atoms with Crippen molar-refractivity contribution in [2.75, 3.05) is 0 Å². The van der Waals surface area contributed by atoms with E-state index in [1.807, 2.05) is 0 Å². The highest BCUT2D eigenvalue weighted by molar-refractivity contribution is 7.98. The highest BCUT2D eigenvalue weighted by Gasteiger charge is 2.18. The third-order valence-electron chi connectivity index (χ3n) is 3.76. The number of thioether (sulfide) groups is 1. The second-order valence-corrected chi connectivity index (χ2v) is 8.51. The number of rotatable bonds is 6. The second-order valence-electron chi connectivity index (χ2n) is 5.58. The summed E-state index contributed by atoms with van der Waals surface area (Å²) in [7, 11) is -1.60. The number of hydrogen-bond donors (Lipinski definition) is 0. The van der Waals surface area contributed by atoms with Crippen LogP contribution in [0, 0.1) is 5.82 Å². The van der Waals surface area contributed by atoms with Gasteiger partial charge in [0.1, 0.15) is 5.82 Å². The van der Waals surface area contributed by atoms with E-state index in [-0.39, 0.29) is 11.6 Å². The first kappa shape index (κ1) is 17.7. The van der Waals surface area contributed by atoms with Gasteiger partial charge >= 0.3 is 0 Å².